The van der Waals surface area contributed by atoms with E-state index in [1.807, 2.05) is 31.3 Å². The van der Waals surface area contributed by atoms with Crippen LogP contribution < -0.4 is 15.4 Å². The Bertz CT molecular complexity index is 978. The molecule has 8 heteroatoms. The lowest BCUT2D eigenvalue weighted by Crippen LogP contribution is -2.47. The summed E-state index contributed by atoms with van der Waals surface area (Å²) in [6.07, 6.45) is 6.39. The summed E-state index contributed by atoms with van der Waals surface area (Å²) in [7, 11) is 1.69. The summed E-state index contributed by atoms with van der Waals surface area (Å²) in [5, 5.41) is 0. The molecule has 4 rings (SSSR count). The summed E-state index contributed by atoms with van der Waals surface area (Å²) in [6, 6.07) is 5.79. The first kappa shape index (κ1) is 19.2. The van der Waals surface area contributed by atoms with E-state index in [-0.39, 0.29) is 11.9 Å². The van der Waals surface area contributed by atoms with E-state index < -0.39 is 0 Å². The third-order valence-electron chi connectivity index (χ3n) is 5.47. The molecule has 2 aromatic rings. The van der Waals surface area contributed by atoms with Crippen molar-refractivity contribution in [1.29, 1.82) is 0 Å². The van der Waals surface area contributed by atoms with Gasteiger partial charge in [0.15, 0.2) is 0 Å². The number of imidazole rings is 1. The molecule has 8 nitrogen and oxygen atoms in total. The molecule has 1 unspecified atom stereocenters. The molecule has 0 spiro atoms. The highest BCUT2D eigenvalue weighted by atomic mass is 16.5. The van der Waals surface area contributed by atoms with Crippen LogP contribution in [-0.2, 0) is 11.3 Å². The second-order valence-corrected chi connectivity index (χ2v) is 7.37. The predicted molar refractivity (Wildman–Crippen MR) is 114 cm³/mol. The molecule has 2 aliphatic heterocycles. The number of hydrogen-bond donors (Lipinski definition) is 1. The molecule has 3 heterocycles. The Balaban J connectivity index is 1.70. The van der Waals surface area contributed by atoms with E-state index in [1.165, 1.54) is 6.34 Å². The maximum Gasteiger partial charge on any atom is 0.240 e. The molecular weight excluding hydrogens is 368 g/mol. The lowest BCUT2D eigenvalue weighted by Gasteiger charge is -2.35. The minimum atomic E-state index is -0.272. The number of nitrogens with two attached hydrogens (primary N) is 1. The van der Waals surface area contributed by atoms with E-state index in [0.29, 0.717) is 13.2 Å². The first-order chi connectivity index (χ1) is 14.1. The van der Waals surface area contributed by atoms with Crippen LogP contribution in [0.15, 0.2) is 34.4 Å². The zero-order chi connectivity index (χ0) is 20.4. The number of primary amides is 1. The molecule has 29 heavy (non-hydrogen) atoms. The van der Waals surface area contributed by atoms with Gasteiger partial charge in [0, 0.05) is 31.5 Å². The number of carbonyl (C=O) groups excluding carboxylic acids is 1. The van der Waals surface area contributed by atoms with Crippen molar-refractivity contribution in [2.45, 2.75) is 38.8 Å². The smallest absolute Gasteiger partial charge is 0.240 e. The topological polar surface area (TPSA) is 98.1 Å². The van der Waals surface area contributed by atoms with E-state index in [0.717, 1.165) is 60.0 Å². The fraction of sp³-hybridized carbons (Fsp3) is 0.429. The Kier molecular flexibility index (Phi) is 5.33. The number of fused-ring (bicyclic) bond motifs is 3. The van der Waals surface area contributed by atoms with E-state index in [2.05, 4.69) is 19.5 Å². The molecule has 2 N–H and O–H groups in total. The van der Waals surface area contributed by atoms with Gasteiger partial charge < -0.3 is 19.9 Å². The summed E-state index contributed by atoms with van der Waals surface area (Å²) in [5.74, 6) is 1.36. The molecule has 1 aromatic carbocycles. The number of benzene rings is 1. The van der Waals surface area contributed by atoms with Crippen LogP contribution in [0.25, 0.3) is 11.4 Å². The molecule has 0 radical (unpaired) electrons. The van der Waals surface area contributed by atoms with Crippen molar-refractivity contribution in [2.24, 2.45) is 15.7 Å². The molecule has 1 aromatic heterocycles. The maximum absolute atomic E-state index is 11.9. The van der Waals surface area contributed by atoms with Crippen LogP contribution >= 0.6 is 0 Å². The zero-order valence-corrected chi connectivity index (χ0v) is 16.8. The highest BCUT2D eigenvalue weighted by Crippen LogP contribution is 2.36. The van der Waals surface area contributed by atoms with Gasteiger partial charge in [0.25, 0.3) is 0 Å². The lowest BCUT2D eigenvalue weighted by molar-refractivity contribution is -0.119. The minimum absolute atomic E-state index is 0.264. The highest BCUT2D eigenvalue weighted by Gasteiger charge is 2.28. The van der Waals surface area contributed by atoms with E-state index in [1.54, 1.807) is 7.05 Å². The lowest BCUT2D eigenvalue weighted by atomic mass is 10.00. The molecule has 1 saturated heterocycles. The van der Waals surface area contributed by atoms with Gasteiger partial charge in [-0.3, -0.25) is 9.79 Å². The number of carbonyl (C=O) groups is 1. The average Bonchev–Trinajstić information content (AvgIpc) is 3.08. The zero-order valence-electron chi connectivity index (χ0n) is 16.8. The van der Waals surface area contributed by atoms with Gasteiger partial charge in [-0.1, -0.05) is 0 Å². The van der Waals surface area contributed by atoms with Crippen LogP contribution in [0.1, 0.15) is 31.9 Å². The number of amides is 1. The molecular formula is C21H26N6O2. The van der Waals surface area contributed by atoms with Crippen molar-refractivity contribution in [3.63, 3.8) is 0 Å². The average molecular weight is 394 g/mol. The SMILES string of the molecule is CN=CN=C(C)c1cn2c(n1)-c1ccc(N3CCCCC3C(N)=O)cc1OCC2. The number of nitrogens with zero attached hydrogens (tertiary/aromatic N) is 5. The van der Waals surface area contributed by atoms with Gasteiger partial charge in [-0.25, -0.2) is 9.98 Å². The number of anilines is 1. The van der Waals surface area contributed by atoms with Crippen LogP contribution in [-0.4, -0.2) is 53.7 Å². The van der Waals surface area contributed by atoms with Gasteiger partial charge in [-0.2, -0.15) is 0 Å². The fourth-order valence-electron chi connectivity index (χ4n) is 3.97. The third kappa shape index (κ3) is 3.74. The number of aromatic nitrogens is 2. The molecule has 1 atom stereocenters. The molecule has 1 fully saturated rings. The van der Waals surface area contributed by atoms with E-state index in [9.17, 15) is 4.79 Å². The van der Waals surface area contributed by atoms with Crippen molar-refractivity contribution in [1.82, 2.24) is 9.55 Å². The summed E-state index contributed by atoms with van der Waals surface area (Å²) < 4.78 is 8.12. The second kappa shape index (κ2) is 8.06. The first-order valence-electron chi connectivity index (χ1n) is 9.94. The first-order valence-corrected chi connectivity index (χ1v) is 9.94. The number of aliphatic imine (C=N–C) groups is 2. The van der Waals surface area contributed by atoms with Crippen LogP contribution in [0.5, 0.6) is 5.75 Å². The van der Waals surface area contributed by atoms with Gasteiger partial charge in [-0.05, 0) is 38.3 Å². The number of ether oxygens (including phenoxy) is 1. The number of rotatable bonds is 4. The minimum Gasteiger partial charge on any atom is -0.491 e. The number of piperidine rings is 1. The van der Waals surface area contributed by atoms with Gasteiger partial charge in [0.1, 0.15) is 36.3 Å². The molecule has 1 amide bonds. The molecule has 0 bridgehead atoms. The third-order valence-corrected chi connectivity index (χ3v) is 5.47. The highest BCUT2D eigenvalue weighted by molar-refractivity contribution is 6.01. The van der Waals surface area contributed by atoms with Gasteiger partial charge in [0.05, 0.1) is 17.8 Å². The summed E-state index contributed by atoms with van der Waals surface area (Å²) in [6.45, 7) is 3.99. The van der Waals surface area contributed by atoms with Crippen LogP contribution in [0.4, 0.5) is 5.69 Å². The molecule has 0 saturated carbocycles. The largest absolute Gasteiger partial charge is 0.491 e. The Morgan fingerprint density at radius 3 is 3.00 bits per heavy atom. The Morgan fingerprint density at radius 1 is 1.34 bits per heavy atom. The van der Waals surface area contributed by atoms with Crippen LogP contribution in [0, 0.1) is 0 Å². The number of hydrogen-bond acceptors (Lipinski definition) is 5. The Labute approximate surface area is 170 Å². The fourth-order valence-corrected chi connectivity index (χ4v) is 3.97. The van der Waals surface area contributed by atoms with Crippen molar-refractivity contribution in [3.05, 3.63) is 30.1 Å². The summed E-state index contributed by atoms with van der Waals surface area (Å²) in [4.78, 5) is 27.0. The van der Waals surface area contributed by atoms with Gasteiger partial charge in [0.2, 0.25) is 5.91 Å². The monoisotopic (exact) mass is 394 g/mol. The van der Waals surface area contributed by atoms with Gasteiger partial charge >= 0.3 is 0 Å². The Morgan fingerprint density at radius 2 is 2.21 bits per heavy atom. The quantitative estimate of drug-likeness (QED) is 0.635. The molecule has 2 aliphatic rings. The summed E-state index contributed by atoms with van der Waals surface area (Å²) in [5.41, 5.74) is 9.17. The van der Waals surface area contributed by atoms with Crippen molar-refractivity contribution in [2.75, 3.05) is 25.1 Å². The normalized spacial score (nSPS) is 19.4. The van der Waals surface area contributed by atoms with Crippen LogP contribution in [0.3, 0.4) is 0 Å². The maximum atomic E-state index is 11.9. The van der Waals surface area contributed by atoms with Crippen molar-refractivity contribution in [3.8, 4) is 17.1 Å². The van der Waals surface area contributed by atoms with Crippen molar-refractivity contribution < 1.29 is 9.53 Å². The molecule has 0 aliphatic carbocycles. The van der Waals surface area contributed by atoms with E-state index >= 15 is 0 Å². The van der Waals surface area contributed by atoms with E-state index in [4.69, 9.17) is 15.5 Å². The van der Waals surface area contributed by atoms with Crippen LogP contribution in [0.2, 0.25) is 0 Å². The standard InChI is InChI=1S/C21H26N6O2/c1-14(24-13-23-2)17-12-26-9-10-29-19-11-15(6-7-16(19)21(26)25-17)27-8-4-3-5-18(27)20(22)28/h6-7,11-13,18H,3-5,8-10H2,1-2H3,(H2,22,28). The van der Waals surface area contributed by atoms with Crippen molar-refractivity contribution >= 4 is 23.6 Å². The Hall–Kier alpha value is -3.16. The summed E-state index contributed by atoms with van der Waals surface area (Å²) >= 11 is 0. The van der Waals surface area contributed by atoms with Gasteiger partial charge in [-0.15, -0.1) is 0 Å². The molecule has 152 valence electrons. The predicted octanol–water partition coefficient (Wildman–Crippen LogP) is 2.25. The second-order valence-electron chi connectivity index (χ2n) is 7.37.